The van der Waals surface area contributed by atoms with E-state index in [4.69, 9.17) is 13.6 Å². The molecule has 0 N–H and O–H groups in total. The van der Waals surface area contributed by atoms with Gasteiger partial charge in [0.2, 0.25) is 0 Å². The summed E-state index contributed by atoms with van der Waals surface area (Å²) in [6.07, 6.45) is 3.51. The maximum Gasteiger partial charge on any atom is 0.475 e. The fourth-order valence-electron chi connectivity index (χ4n) is 0.765. The van der Waals surface area contributed by atoms with Gasteiger partial charge in [-0.25, -0.2) is 9.36 Å². The minimum absolute atomic E-state index is 0.0539. The van der Waals surface area contributed by atoms with E-state index in [0.717, 1.165) is 12.3 Å². The molecule has 0 aliphatic rings. The molecule has 0 aromatic carbocycles. The van der Waals surface area contributed by atoms with Gasteiger partial charge in [0.1, 0.15) is 0 Å². The van der Waals surface area contributed by atoms with Gasteiger partial charge >= 0.3 is 13.8 Å². The van der Waals surface area contributed by atoms with Gasteiger partial charge in [0.15, 0.2) is 0 Å². The Hall–Kier alpha value is -0.940. The van der Waals surface area contributed by atoms with Crippen molar-refractivity contribution in [2.75, 3.05) is 19.8 Å². The van der Waals surface area contributed by atoms with Crippen molar-refractivity contribution in [3.05, 3.63) is 25.0 Å². The van der Waals surface area contributed by atoms with E-state index in [1.807, 2.05) is 0 Å². The number of carbonyl (C=O) groups is 1. The standard InChI is InChI=1S/C10H17O6P/c1-4-10(11)13-8-7-9-16-17(12,14-5-2)15-6-3/h4,7-8H,1,5-6,9H2,2-3H3. The maximum atomic E-state index is 11.7. The summed E-state index contributed by atoms with van der Waals surface area (Å²) in [5, 5.41) is 0. The summed E-state index contributed by atoms with van der Waals surface area (Å²) in [7, 11) is -3.50. The van der Waals surface area contributed by atoms with Crippen LogP contribution in [0.25, 0.3) is 0 Å². The van der Waals surface area contributed by atoms with E-state index in [1.54, 1.807) is 13.8 Å². The quantitative estimate of drug-likeness (QED) is 0.275. The van der Waals surface area contributed by atoms with E-state index in [0.29, 0.717) is 0 Å². The molecule has 0 radical (unpaired) electrons. The SMILES string of the molecule is C=CC(=O)OC=CCOP(=O)(OCC)OCC. The van der Waals surface area contributed by atoms with Gasteiger partial charge in [-0.3, -0.25) is 13.6 Å². The Morgan fingerprint density at radius 1 is 1.24 bits per heavy atom. The predicted octanol–water partition coefficient (Wildman–Crippen LogP) is 2.43. The molecule has 98 valence electrons. The minimum atomic E-state index is -3.50. The van der Waals surface area contributed by atoms with Gasteiger partial charge in [0.25, 0.3) is 0 Å². The van der Waals surface area contributed by atoms with E-state index < -0.39 is 13.8 Å². The highest BCUT2D eigenvalue weighted by Gasteiger charge is 2.24. The zero-order valence-corrected chi connectivity index (χ0v) is 10.9. The average molecular weight is 264 g/mol. The molecule has 0 aromatic rings. The lowest BCUT2D eigenvalue weighted by Gasteiger charge is -2.14. The number of carbonyl (C=O) groups excluding carboxylic acids is 1. The molecule has 17 heavy (non-hydrogen) atoms. The largest absolute Gasteiger partial charge is 0.475 e. The van der Waals surface area contributed by atoms with Crippen LogP contribution in [0.4, 0.5) is 0 Å². The summed E-state index contributed by atoms with van der Waals surface area (Å²) in [5.74, 6) is -0.584. The van der Waals surface area contributed by atoms with Crippen molar-refractivity contribution >= 4 is 13.8 Å². The van der Waals surface area contributed by atoms with Crippen LogP contribution in [-0.4, -0.2) is 25.8 Å². The van der Waals surface area contributed by atoms with Crippen LogP contribution < -0.4 is 0 Å². The zero-order valence-electron chi connectivity index (χ0n) is 9.96. The Balaban J connectivity index is 4.01. The highest BCUT2D eigenvalue weighted by Crippen LogP contribution is 2.48. The molecule has 7 heteroatoms. The fourth-order valence-corrected chi connectivity index (χ4v) is 1.89. The molecule has 0 atom stereocenters. The molecule has 6 nitrogen and oxygen atoms in total. The summed E-state index contributed by atoms with van der Waals surface area (Å²) >= 11 is 0. The Labute approximate surface area is 101 Å². The fraction of sp³-hybridized carbons (Fsp3) is 0.500. The second-order valence-electron chi connectivity index (χ2n) is 2.59. The lowest BCUT2D eigenvalue weighted by atomic mass is 10.6. The first-order chi connectivity index (χ1) is 8.08. The third-order valence-corrected chi connectivity index (χ3v) is 2.96. The molecule has 0 aromatic heterocycles. The summed E-state index contributed by atoms with van der Waals surface area (Å²) < 4.78 is 31.0. The number of phosphoric acid groups is 1. The van der Waals surface area contributed by atoms with Crippen molar-refractivity contribution in [2.24, 2.45) is 0 Å². The molecule has 0 saturated heterocycles. The lowest BCUT2D eigenvalue weighted by Crippen LogP contribution is -2.00. The monoisotopic (exact) mass is 264 g/mol. The van der Waals surface area contributed by atoms with Gasteiger partial charge < -0.3 is 4.74 Å². The van der Waals surface area contributed by atoms with Crippen LogP contribution in [0.1, 0.15) is 13.8 Å². The zero-order chi connectivity index (χ0) is 13.1. The van der Waals surface area contributed by atoms with E-state index in [1.165, 1.54) is 6.08 Å². The Kier molecular flexibility index (Phi) is 8.62. The summed E-state index contributed by atoms with van der Waals surface area (Å²) in [6, 6.07) is 0. The normalized spacial score (nSPS) is 11.6. The summed E-state index contributed by atoms with van der Waals surface area (Å²) in [6.45, 7) is 6.95. The number of ether oxygens (including phenoxy) is 1. The van der Waals surface area contributed by atoms with Crippen LogP contribution in [0.2, 0.25) is 0 Å². The molecule has 0 aliphatic heterocycles. The van der Waals surface area contributed by atoms with Gasteiger partial charge in [0, 0.05) is 6.08 Å². The van der Waals surface area contributed by atoms with Crippen LogP contribution >= 0.6 is 7.82 Å². The Morgan fingerprint density at radius 2 is 1.82 bits per heavy atom. The first-order valence-corrected chi connectivity index (χ1v) is 6.55. The smallest absolute Gasteiger partial charge is 0.432 e. The molecule has 0 fully saturated rings. The van der Waals surface area contributed by atoms with Crippen molar-refractivity contribution in [1.29, 1.82) is 0 Å². The molecule has 0 amide bonds. The molecule has 0 rings (SSSR count). The molecule has 0 bridgehead atoms. The van der Waals surface area contributed by atoms with Crippen molar-refractivity contribution in [2.45, 2.75) is 13.8 Å². The minimum Gasteiger partial charge on any atom is -0.432 e. The lowest BCUT2D eigenvalue weighted by molar-refractivity contribution is -0.132. The molecule has 0 unspecified atom stereocenters. The molecule has 0 heterocycles. The van der Waals surface area contributed by atoms with Crippen LogP contribution in [0.15, 0.2) is 25.0 Å². The van der Waals surface area contributed by atoms with Gasteiger partial charge in [-0.2, -0.15) is 0 Å². The van der Waals surface area contributed by atoms with Gasteiger partial charge in [-0.05, 0) is 19.9 Å². The highest BCUT2D eigenvalue weighted by molar-refractivity contribution is 7.48. The molecule has 0 aliphatic carbocycles. The summed E-state index contributed by atoms with van der Waals surface area (Å²) in [4.78, 5) is 10.6. The second kappa shape index (κ2) is 9.13. The second-order valence-corrected chi connectivity index (χ2v) is 4.26. The average Bonchev–Trinajstić information content (AvgIpc) is 2.29. The number of hydrogen-bond acceptors (Lipinski definition) is 6. The summed E-state index contributed by atoms with van der Waals surface area (Å²) in [5.41, 5.74) is 0. The number of esters is 1. The Morgan fingerprint density at radius 3 is 2.29 bits per heavy atom. The molecule has 0 saturated carbocycles. The molecular formula is C10H17O6P. The van der Waals surface area contributed by atoms with Crippen molar-refractivity contribution in [3.63, 3.8) is 0 Å². The van der Waals surface area contributed by atoms with E-state index >= 15 is 0 Å². The number of hydrogen-bond donors (Lipinski definition) is 0. The number of rotatable bonds is 9. The topological polar surface area (TPSA) is 71.1 Å². The predicted molar refractivity (Wildman–Crippen MR) is 62.2 cm³/mol. The molecule has 0 spiro atoms. The third-order valence-electron chi connectivity index (χ3n) is 1.35. The van der Waals surface area contributed by atoms with Crippen LogP contribution in [0, 0.1) is 0 Å². The van der Waals surface area contributed by atoms with Gasteiger partial charge in [-0.15, -0.1) is 0 Å². The third kappa shape index (κ3) is 7.88. The molecular weight excluding hydrogens is 247 g/mol. The van der Waals surface area contributed by atoms with Crippen LogP contribution in [0.5, 0.6) is 0 Å². The van der Waals surface area contributed by atoms with Crippen LogP contribution in [-0.2, 0) is 27.7 Å². The van der Waals surface area contributed by atoms with Gasteiger partial charge in [0.05, 0.1) is 26.1 Å². The maximum absolute atomic E-state index is 11.7. The first kappa shape index (κ1) is 16.1. The van der Waals surface area contributed by atoms with Crippen LogP contribution in [0.3, 0.4) is 0 Å². The van der Waals surface area contributed by atoms with Crippen molar-refractivity contribution in [1.82, 2.24) is 0 Å². The van der Waals surface area contributed by atoms with E-state index in [9.17, 15) is 9.36 Å². The first-order valence-electron chi connectivity index (χ1n) is 5.09. The van der Waals surface area contributed by atoms with Crippen molar-refractivity contribution in [3.8, 4) is 0 Å². The Bertz CT molecular complexity index is 302. The van der Waals surface area contributed by atoms with E-state index in [-0.39, 0.29) is 19.8 Å². The van der Waals surface area contributed by atoms with Crippen molar-refractivity contribution < 1.29 is 27.7 Å². The highest BCUT2D eigenvalue weighted by atomic mass is 31.2. The number of phosphoric ester groups is 1. The van der Waals surface area contributed by atoms with Gasteiger partial charge in [-0.1, -0.05) is 6.58 Å². The van der Waals surface area contributed by atoms with E-state index in [2.05, 4.69) is 11.3 Å².